The van der Waals surface area contributed by atoms with Crippen molar-refractivity contribution in [1.82, 2.24) is 0 Å². The van der Waals surface area contributed by atoms with E-state index in [9.17, 15) is 13.2 Å². The number of hydrogen-bond acceptors (Lipinski definition) is 5. The Labute approximate surface area is 159 Å². The van der Waals surface area contributed by atoms with Gasteiger partial charge in [0.15, 0.2) is 27.9 Å². The van der Waals surface area contributed by atoms with Crippen molar-refractivity contribution < 1.29 is 22.7 Å². The molecule has 0 bridgehead atoms. The molecule has 1 fully saturated rings. The molecule has 0 saturated carbocycles. The summed E-state index contributed by atoms with van der Waals surface area (Å²) in [5.74, 6) is 0.850. The molecule has 1 heterocycles. The predicted molar refractivity (Wildman–Crippen MR) is 104 cm³/mol. The van der Waals surface area contributed by atoms with Crippen LogP contribution in [0.3, 0.4) is 0 Å². The number of nitrogens with zero attached hydrogens (tertiary/aromatic N) is 1. The van der Waals surface area contributed by atoms with Gasteiger partial charge in [0.25, 0.3) is 5.91 Å². The average Bonchev–Trinajstić information content (AvgIpc) is 3.02. The van der Waals surface area contributed by atoms with Gasteiger partial charge in [-0.3, -0.25) is 4.79 Å². The van der Waals surface area contributed by atoms with E-state index in [0.29, 0.717) is 30.2 Å². The largest absolute Gasteiger partial charge is 0.490 e. The van der Waals surface area contributed by atoms with Crippen molar-refractivity contribution in [2.45, 2.75) is 19.4 Å². The fourth-order valence-corrected chi connectivity index (χ4v) is 4.88. The molecule has 0 aliphatic carbocycles. The number of ether oxygens (including phenoxy) is 2. The van der Waals surface area contributed by atoms with E-state index in [4.69, 9.17) is 9.47 Å². The van der Waals surface area contributed by atoms with Crippen molar-refractivity contribution in [2.24, 2.45) is 0 Å². The fraction of sp³-hybridized carbons (Fsp3) is 0.350. The zero-order chi connectivity index (χ0) is 19.3. The van der Waals surface area contributed by atoms with E-state index in [2.05, 4.69) is 0 Å². The van der Waals surface area contributed by atoms with Crippen molar-refractivity contribution in [3.05, 3.63) is 54.6 Å². The van der Waals surface area contributed by atoms with Crippen LogP contribution in [0, 0.1) is 0 Å². The third-order valence-electron chi connectivity index (χ3n) is 4.38. The van der Waals surface area contributed by atoms with E-state index >= 15 is 0 Å². The summed E-state index contributed by atoms with van der Waals surface area (Å²) < 4.78 is 35.0. The van der Waals surface area contributed by atoms with E-state index in [0.717, 1.165) is 0 Å². The molecule has 1 aliphatic heterocycles. The van der Waals surface area contributed by atoms with Crippen LogP contribution in [-0.2, 0) is 14.6 Å². The summed E-state index contributed by atoms with van der Waals surface area (Å²) in [6, 6.07) is 15.9. The van der Waals surface area contributed by atoms with Gasteiger partial charge in [0, 0.05) is 5.69 Å². The standard InChI is InChI=1S/C20H23NO5S/c1-2-25-18-10-6-7-11-19(18)26-14-20(22)21(16-8-4-3-5-9-16)17-12-13-27(23,24)15-17/h3-11,17H,2,12-15H2,1H3/t17-/m1/s1. The van der Waals surface area contributed by atoms with Crippen LogP contribution in [0.4, 0.5) is 5.69 Å². The van der Waals surface area contributed by atoms with Gasteiger partial charge in [0.05, 0.1) is 24.2 Å². The van der Waals surface area contributed by atoms with Gasteiger partial charge in [-0.2, -0.15) is 0 Å². The van der Waals surface area contributed by atoms with Gasteiger partial charge >= 0.3 is 0 Å². The summed E-state index contributed by atoms with van der Waals surface area (Å²) in [7, 11) is -3.12. The average molecular weight is 389 g/mol. The Morgan fingerprint density at radius 3 is 2.26 bits per heavy atom. The topological polar surface area (TPSA) is 72.9 Å². The lowest BCUT2D eigenvalue weighted by Crippen LogP contribution is -2.43. The smallest absolute Gasteiger partial charge is 0.265 e. The van der Waals surface area contributed by atoms with Gasteiger partial charge in [-0.1, -0.05) is 30.3 Å². The molecule has 1 atom stereocenters. The quantitative estimate of drug-likeness (QED) is 0.728. The van der Waals surface area contributed by atoms with Crippen LogP contribution in [0.5, 0.6) is 11.5 Å². The summed E-state index contributed by atoms with van der Waals surface area (Å²) in [5.41, 5.74) is 0.672. The SMILES string of the molecule is CCOc1ccccc1OCC(=O)N(c1ccccc1)[C@@H]1CCS(=O)(=O)C1. The first-order valence-electron chi connectivity index (χ1n) is 8.92. The lowest BCUT2D eigenvalue weighted by atomic mass is 10.2. The molecule has 0 radical (unpaired) electrons. The molecule has 1 saturated heterocycles. The van der Waals surface area contributed by atoms with Crippen molar-refractivity contribution in [3.8, 4) is 11.5 Å². The molecule has 1 amide bonds. The summed E-state index contributed by atoms with van der Waals surface area (Å²) >= 11 is 0. The minimum atomic E-state index is -3.12. The third kappa shape index (κ3) is 4.80. The Morgan fingerprint density at radius 1 is 1.04 bits per heavy atom. The van der Waals surface area contributed by atoms with Gasteiger partial charge in [-0.25, -0.2) is 8.42 Å². The molecule has 0 N–H and O–H groups in total. The van der Waals surface area contributed by atoms with Crippen LogP contribution in [0.15, 0.2) is 54.6 Å². The highest BCUT2D eigenvalue weighted by molar-refractivity contribution is 7.91. The lowest BCUT2D eigenvalue weighted by Gasteiger charge is -2.28. The maximum Gasteiger partial charge on any atom is 0.265 e. The summed E-state index contributed by atoms with van der Waals surface area (Å²) in [5, 5.41) is 0. The zero-order valence-electron chi connectivity index (χ0n) is 15.2. The summed E-state index contributed by atoms with van der Waals surface area (Å²) in [6.07, 6.45) is 0.429. The number of anilines is 1. The van der Waals surface area contributed by atoms with Crippen molar-refractivity contribution >= 4 is 21.4 Å². The molecule has 1 aliphatic rings. The predicted octanol–water partition coefficient (Wildman–Crippen LogP) is 2.68. The second-order valence-electron chi connectivity index (χ2n) is 6.32. The normalized spacial score (nSPS) is 18.0. The highest BCUT2D eigenvalue weighted by Gasteiger charge is 2.35. The summed E-state index contributed by atoms with van der Waals surface area (Å²) in [4.78, 5) is 14.5. The molecule has 2 aromatic rings. The van der Waals surface area contributed by atoms with E-state index in [1.54, 1.807) is 35.2 Å². The Kier molecular flexibility index (Phi) is 6.01. The second kappa shape index (κ2) is 8.43. The van der Waals surface area contributed by atoms with Gasteiger partial charge in [-0.15, -0.1) is 0 Å². The Hall–Kier alpha value is -2.54. The maximum atomic E-state index is 12.9. The number of rotatable bonds is 7. The first-order chi connectivity index (χ1) is 13.0. The van der Waals surface area contributed by atoms with Crippen LogP contribution < -0.4 is 14.4 Å². The van der Waals surface area contributed by atoms with Gasteiger partial charge in [-0.05, 0) is 37.6 Å². The van der Waals surface area contributed by atoms with E-state index in [1.807, 2.05) is 31.2 Å². The highest BCUT2D eigenvalue weighted by Crippen LogP contribution is 2.28. The van der Waals surface area contributed by atoms with Gasteiger partial charge < -0.3 is 14.4 Å². The monoisotopic (exact) mass is 389 g/mol. The third-order valence-corrected chi connectivity index (χ3v) is 6.13. The molecule has 0 spiro atoms. The Bertz CT molecular complexity index is 882. The molecule has 7 heteroatoms. The molecule has 0 aromatic heterocycles. The minimum Gasteiger partial charge on any atom is -0.490 e. The fourth-order valence-electron chi connectivity index (χ4n) is 3.18. The van der Waals surface area contributed by atoms with E-state index < -0.39 is 9.84 Å². The Morgan fingerprint density at radius 2 is 1.67 bits per heavy atom. The lowest BCUT2D eigenvalue weighted by molar-refractivity contribution is -0.121. The Balaban J connectivity index is 1.78. The van der Waals surface area contributed by atoms with Gasteiger partial charge in [0.1, 0.15) is 0 Å². The molecule has 27 heavy (non-hydrogen) atoms. The molecular weight excluding hydrogens is 366 g/mol. The molecule has 144 valence electrons. The van der Waals surface area contributed by atoms with Gasteiger partial charge in [0.2, 0.25) is 0 Å². The van der Waals surface area contributed by atoms with Crippen LogP contribution >= 0.6 is 0 Å². The number of carbonyl (C=O) groups excluding carboxylic acids is 1. The highest BCUT2D eigenvalue weighted by atomic mass is 32.2. The number of carbonyl (C=O) groups is 1. The molecule has 6 nitrogen and oxygen atoms in total. The van der Waals surface area contributed by atoms with Crippen LogP contribution in [-0.4, -0.2) is 45.1 Å². The number of benzene rings is 2. The minimum absolute atomic E-state index is 0.0246. The number of sulfone groups is 1. The summed E-state index contributed by atoms with van der Waals surface area (Å²) in [6.45, 7) is 2.17. The first-order valence-corrected chi connectivity index (χ1v) is 10.7. The van der Waals surface area contributed by atoms with E-state index in [-0.39, 0.29) is 30.1 Å². The van der Waals surface area contributed by atoms with Crippen molar-refractivity contribution in [3.63, 3.8) is 0 Å². The van der Waals surface area contributed by atoms with Crippen molar-refractivity contribution in [2.75, 3.05) is 29.6 Å². The molecule has 3 rings (SSSR count). The first kappa shape index (κ1) is 19.2. The van der Waals surface area contributed by atoms with Crippen LogP contribution in [0.1, 0.15) is 13.3 Å². The number of amides is 1. The van der Waals surface area contributed by atoms with Crippen LogP contribution in [0.2, 0.25) is 0 Å². The number of hydrogen-bond donors (Lipinski definition) is 0. The second-order valence-corrected chi connectivity index (χ2v) is 8.55. The molecule has 0 unspecified atom stereocenters. The number of para-hydroxylation sites is 3. The van der Waals surface area contributed by atoms with Crippen molar-refractivity contribution in [1.29, 1.82) is 0 Å². The molecule has 2 aromatic carbocycles. The molecular formula is C20H23NO5S. The zero-order valence-corrected chi connectivity index (χ0v) is 16.0. The van der Waals surface area contributed by atoms with Crippen LogP contribution in [0.25, 0.3) is 0 Å². The maximum absolute atomic E-state index is 12.9. The van der Waals surface area contributed by atoms with E-state index in [1.165, 1.54) is 0 Å².